The Bertz CT molecular complexity index is 299. The van der Waals surface area contributed by atoms with Crippen LogP contribution in [0, 0.1) is 5.92 Å². The fraction of sp³-hybridized carbons (Fsp3) is 0.938. The number of carbonyl (C=O) groups excluding carboxylic acids is 1. The molecule has 1 N–H and O–H groups in total. The van der Waals surface area contributed by atoms with Crippen molar-refractivity contribution in [3.63, 3.8) is 0 Å². The first-order valence-corrected chi connectivity index (χ1v) is 8.15. The smallest absolute Gasteiger partial charge is 0.326 e. The molecule has 0 radical (unpaired) electrons. The lowest BCUT2D eigenvalue weighted by atomic mass is 9.89. The van der Waals surface area contributed by atoms with Gasteiger partial charge in [0.15, 0.2) is 0 Å². The fourth-order valence-electron chi connectivity index (χ4n) is 3.78. The SMILES string of the molecule is CCOC(=O)C1(NC2CCCCC2)CCC(CC)C1. The van der Waals surface area contributed by atoms with Gasteiger partial charge in [0, 0.05) is 6.04 Å². The molecule has 2 aliphatic carbocycles. The first kappa shape index (κ1) is 14.8. The van der Waals surface area contributed by atoms with Crippen LogP contribution in [0.1, 0.15) is 71.6 Å². The average Bonchev–Trinajstić information content (AvgIpc) is 2.85. The van der Waals surface area contributed by atoms with Crippen molar-refractivity contribution in [1.82, 2.24) is 5.32 Å². The number of rotatable bonds is 5. The summed E-state index contributed by atoms with van der Waals surface area (Å²) >= 11 is 0. The van der Waals surface area contributed by atoms with Gasteiger partial charge in [-0.25, -0.2) is 0 Å². The predicted molar refractivity (Wildman–Crippen MR) is 77.0 cm³/mol. The molecule has 0 aromatic rings. The van der Waals surface area contributed by atoms with Crippen molar-refractivity contribution in [2.45, 2.75) is 83.2 Å². The lowest BCUT2D eigenvalue weighted by Crippen LogP contribution is -2.55. The molecule has 2 aliphatic rings. The molecule has 3 nitrogen and oxygen atoms in total. The highest BCUT2D eigenvalue weighted by atomic mass is 16.5. The molecule has 0 bridgehead atoms. The van der Waals surface area contributed by atoms with Crippen LogP contribution in [0.15, 0.2) is 0 Å². The van der Waals surface area contributed by atoms with Gasteiger partial charge >= 0.3 is 5.97 Å². The van der Waals surface area contributed by atoms with Crippen molar-refractivity contribution < 1.29 is 9.53 Å². The number of nitrogens with one attached hydrogen (secondary N) is 1. The highest BCUT2D eigenvalue weighted by Crippen LogP contribution is 2.38. The van der Waals surface area contributed by atoms with Crippen LogP contribution < -0.4 is 5.32 Å². The van der Waals surface area contributed by atoms with Crippen molar-refractivity contribution in [1.29, 1.82) is 0 Å². The maximum Gasteiger partial charge on any atom is 0.326 e. The number of hydrogen-bond acceptors (Lipinski definition) is 3. The van der Waals surface area contributed by atoms with E-state index in [2.05, 4.69) is 12.2 Å². The molecular weight excluding hydrogens is 238 g/mol. The largest absolute Gasteiger partial charge is 0.465 e. The van der Waals surface area contributed by atoms with E-state index in [1.165, 1.54) is 38.5 Å². The van der Waals surface area contributed by atoms with Gasteiger partial charge in [-0.1, -0.05) is 32.6 Å². The second-order valence-electron chi connectivity index (χ2n) is 6.30. The van der Waals surface area contributed by atoms with Crippen molar-refractivity contribution in [3.8, 4) is 0 Å². The van der Waals surface area contributed by atoms with Crippen LogP contribution in [0.2, 0.25) is 0 Å². The van der Waals surface area contributed by atoms with Gasteiger partial charge in [0.25, 0.3) is 0 Å². The summed E-state index contributed by atoms with van der Waals surface area (Å²) in [6.07, 6.45) is 10.7. The quantitative estimate of drug-likeness (QED) is 0.776. The van der Waals surface area contributed by atoms with Gasteiger partial charge in [-0.2, -0.15) is 0 Å². The van der Waals surface area contributed by atoms with E-state index in [9.17, 15) is 4.79 Å². The molecule has 0 heterocycles. The second-order valence-corrected chi connectivity index (χ2v) is 6.30. The first-order chi connectivity index (χ1) is 9.20. The van der Waals surface area contributed by atoms with Crippen LogP contribution in [0.3, 0.4) is 0 Å². The minimum Gasteiger partial charge on any atom is -0.465 e. The molecule has 2 fully saturated rings. The molecular formula is C16H29NO2. The third-order valence-electron chi connectivity index (χ3n) is 4.95. The Kier molecular flexibility index (Phi) is 5.26. The van der Waals surface area contributed by atoms with E-state index in [-0.39, 0.29) is 11.5 Å². The molecule has 2 saturated carbocycles. The monoisotopic (exact) mass is 267 g/mol. The Morgan fingerprint density at radius 2 is 1.95 bits per heavy atom. The van der Waals surface area contributed by atoms with Crippen LogP contribution in [0.25, 0.3) is 0 Å². The maximum atomic E-state index is 12.4. The number of hydrogen-bond donors (Lipinski definition) is 1. The Balaban J connectivity index is 2.03. The minimum atomic E-state index is -0.376. The summed E-state index contributed by atoms with van der Waals surface area (Å²) in [5, 5.41) is 3.71. The van der Waals surface area contributed by atoms with Gasteiger partial charge in [-0.05, 0) is 44.9 Å². The maximum absolute atomic E-state index is 12.4. The molecule has 3 heteroatoms. The van der Waals surface area contributed by atoms with Crippen LogP contribution in [0.5, 0.6) is 0 Å². The first-order valence-electron chi connectivity index (χ1n) is 8.15. The van der Waals surface area contributed by atoms with Crippen LogP contribution in [-0.2, 0) is 9.53 Å². The molecule has 0 amide bonds. The van der Waals surface area contributed by atoms with Crippen LogP contribution in [0.4, 0.5) is 0 Å². The molecule has 2 rings (SSSR count). The summed E-state index contributed by atoms with van der Waals surface area (Å²) in [6.45, 7) is 4.62. The van der Waals surface area contributed by atoms with Gasteiger partial charge < -0.3 is 4.74 Å². The van der Waals surface area contributed by atoms with Crippen molar-refractivity contribution in [3.05, 3.63) is 0 Å². The Labute approximate surface area is 117 Å². The standard InChI is InChI=1S/C16H29NO2/c1-3-13-10-11-16(12-13,15(18)19-4-2)17-14-8-6-5-7-9-14/h13-14,17H,3-12H2,1-2H3. The summed E-state index contributed by atoms with van der Waals surface area (Å²) in [5.74, 6) is 0.678. The third-order valence-corrected chi connectivity index (χ3v) is 4.95. The van der Waals surface area contributed by atoms with Crippen molar-refractivity contribution in [2.75, 3.05) is 6.61 Å². The number of ether oxygens (including phenoxy) is 1. The Morgan fingerprint density at radius 3 is 2.53 bits per heavy atom. The molecule has 2 unspecified atom stereocenters. The topological polar surface area (TPSA) is 38.3 Å². The normalized spacial score (nSPS) is 32.4. The Hall–Kier alpha value is -0.570. The summed E-state index contributed by atoms with van der Waals surface area (Å²) in [5.41, 5.74) is -0.376. The summed E-state index contributed by atoms with van der Waals surface area (Å²) in [7, 11) is 0. The van der Waals surface area contributed by atoms with E-state index >= 15 is 0 Å². The Morgan fingerprint density at radius 1 is 1.21 bits per heavy atom. The van der Waals surface area contributed by atoms with Crippen LogP contribution in [-0.4, -0.2) is 24.2 Å². The molecule has 0 aromatic heterocycles. The highest BCUT2D eigenvalue weighted by Gasteiger charge is 2.46. The number of esters is 1. The molecule has 110 valence electrons. The molecule has 0 saturated heterocycles. The van der Waals surface area contributed by atoms with E-state index in [4.69, 9.17) is 4.74 Å². The summed E-state index contributed by atoms with van der Waals surface area (Å²) in [4.78, 5) is 12.4. The highest BCUT2D eigenvalue weighted by molar-refractivity contribution is 5.81. The molecule has 19 heavy (non-hydrogen) atoms. The number of carbonyl (C=O) groups is 1. The predicted octanol–water partition coefficient (Wildman–Crippen LogP) is 3.42. The van der Waals surface area contributed by atoms with Crippen LogP contribution >= 0.6 is 0 Å². The van der Waals surface area contributed by atoms with Gasteiger partial charge in [0.2, 0.25) is 0 Å². The molecule has 0 spiro atoms. The van der Waals surface area contributed by atoms with Gasteiger partial charge in [-0.15, -0.1) is 0 Å². The molecule has 0 aliphatic heterocycles. The summed E-state index contributed by atoms with van der Waals surface area (Å²) in [6, 6.07) is 0.522. The zero-order valence-electron chi connectivity index (χ0n) is 12.5. The van der Waals surface area contributed by atoms with E-state index in [0.717, 1.165) is 19.3 Å². The summed E-state index contributed by atoms with van der Waals surface area (Å²) < 4.78 is 5.36. The van der Waals surface area contributed by atoms with E-state index < -0.39 is 0 Å². The molecule has 2 atom stereocenters. The zero-order chi connectivity index (χ0) is 13.7. The van der Waals surface area contributed by atoms with Crippen molar-refractivity contribution in [2.24, 2.45) is 5.92 Å². The second kappa shape index (κ2) is 6.74. The van der Waals surface area contributed by atoms with E-state index in [1.54, 1.807) is 0 Å². The van der Waals surface area contributed by atoms with E-state index in [1.807, 2.05) is 6.92 Å². The van der Waals surface area contributed by atoms with Gasteiger partial charge in [0.1, 0.15) is 5.54 Å². The average molecular weight is 267 g/mol. The zero-order valence-corrected chi connectivity index (χ0v) is 12.5. The lowest BCUT2D eigenvalue weighted by Gasteiger charge is -2.35. The molecule has 0 aromatic carbocycles. The van der Waals surface area contributed by atoms with E-state index in [0.29, 0.717) is 18.6 Å². The van der Waals surface area contributed by atoms with Gasteiger partial charge in [-0.3, -0.25) is 10.1 Å². The lowest BCUT2D eigenvalue weighted by molar-refractivity contribution is -0.151. The minimum absolute atomic E-state index is 0.00322. The van der Waals surface area contributed by atoms with Gasteiger partial charge in [0.05, 0.1) is 6.61 Å². The third kappa shape index (κ3) is 3.50. The fourth-order valence-corrected chi connectivity index (χ4v) is 3.78. The van der Waals surface area contributed by atoms with Crippen molar-refractivity contribution >= 4 is 5.97 Å².